The maximum absolute atomic E-state index is 12.6. The fraction of sp³-hybridized carbons (Fsp3) is 0.200. The lowest BCUT2D eigenvalue weighted by Crippen LogP contribution is -2.19. The van der Waals surface area contributed by atoms with Crippen LogP contribution in [-0.2, 0) is 22.4 Å². The van der Waals surface area contributed by atoms with E-state index in [1.165, 1.54) is 0 Å². The van der Waals surface area contributed by atoms with Crippen molar-refractivity contribution in [3.8, 4) is 11.5 Å². The molecule has 0 bridgehead atoms. The highest BCUT2D eigenvalue weighted by molar-refractivity contribution is 6.00. The number of hydrogen-bond acceptors (Lipinski definition) is 4. The van der Waals surface area contributed by atoms with E-state index in [4.69, 9.17) is 9.47 Å². The van der Waals surface area contributed by atoms with Crippen LogP contribution in [0.15, 0.2) is 66.7 Å². The highest BCUT2D eigenvalue weighted by Gasteiger charge is 2.12. The van der Waals surface area contributed by atoms with Crippen molar-refractivity contribution < 1.29 is 19.1 Å². The third-order valence-electron chi connectivity index (χ3n) is 4.77. The molecule has 0 fully saturated rings. The van der Waals surface area contributed by atoms with Gasteiger partial charge in [-0.25, -0.2) is 0 Å². The molecule has 0 aliphatic rings. The van der Waals surface area contributed by atoms with Crippen LogP contribution in [0.4, 0.5) is 11.4 Å². The maximum atomic E-state index is 12.6. The maximum Gasteiger partial charge on any atom is 0.228 e. The van der Waals surface area contributed by atoms with Crippen molar-refractivity contribution in [2.45, 2.75) is 19.8 Å². The van der Waals surface area contributed by atoms with Crippen molar-refractivity contribution in [1.82, 2.24) is 0 Å². The first kappa shape index (κ1) is 21.9. The summed E-state index contributed by atoms with van der Waals surface area (Å²) in [7, 11) is 3.20. The van der Waals surface area contributed by atoms with E-state index in [-0.39, 0.29) is 24.7 Å². The molecule has 31 heavy (non-hydrogen) atoms. The summed E-state index contributed by atoms with van der Waals surface area (Å²) in [6.07, 6.45) is 0.439. The Morgan fingerprint density at radius 3 is 1.58 bits per heavy atom. The van der Waals surface area contributed by atoms with Gasteiger partial charge in [0.15, 0.2) is 0 Å². The number of ether oxygens (including phenoxy) is 2. The van der Waals surface area contributed by atoms with E-state index in [2.05, 4.69) is 10.6 Å². The molecule has 6 heteroatoms. The number of amides is 2. The molecule has 3 rings (SSSR count). The molecule has 0 spiro atoms. The van der Waals surface area contributed by atoms with Gasteiger partial charge in [-0.05, 0) is 60.0 Å². The van der Waals surface area contributed by atoms with Crippen LogP contribution >= 0.6 is 0 Å². The smallest absolute Gasteiger partial charge is 0.228 e. The number of hydrogen-bond donors (Lipinski definition) is 2. The molecule has 0 unspecified atom stereocenters. The van der Waals surface area contributed by atoms with Gasteiger partial charge in [0.05, 0.1) is 38.4 Å². The lowest BCUT2D eigenvalue weighted by molar-refractivity contribution is -0.116. The van der Waals surface area contributed by atoms with Crippen LogP contribution in [0.5, 0.6) is 11.5 Å². The average molecular weight is 418 g/mol. The number of benzene rings is 3. The van der Waals surface area contributed by atoms with Gasteiger partial charge in [-0.2, -0.15) is 0 Å². The summed E-state index contributed by atoms with van der Waals surface area (Å²) in [5, 5.41) is 5.81. The zero-order chi connectivity index (χ0) is 22.2. The first-order valence-corrected chi connectivity index (χ1v) is 9.93. The van der Waals surface area contributed by atoms with Gasteiger partial charge in [0.2, 0.25) is 11.8 Å². The normalized spacial score (nSPS) is 10.3. The van der Waals surface area contributed by atoms with Gasteiger partial charge in [-0.1, -0.05) is 30.3 Å². The standard InChI is InChI=1S/C25H26N2O4/c1-17-4-13-22(26-24(28)15-18-5-9-20(30-2)10-6-18)23(14-17)27-25(29)16-19-7-11-21(31-3)12-8-19/h4-14H,15-16H2,1-3H3,(H,26,28)(H,27,29). The fourth-order valence-electron chi connectivity index (χ4n) is 3.12. The van der Waals surface area contributed by atoms with Crippen LogP contribution in [0.25, 0.3) is 0 Å². The third kappa shape index (κ3) is 6.34. The second-order valence-corrected chi connectivity index (χ2v) is 7.20. The first-order chi connectivity index (χ1) is 15.0. The van der Waals surface area contributed by atoms with Gasteiger partial charge in [0.25, 0.3) is 0 Å². The second kappa shape index (κ2) is 10.3. The van der Waals surface area contributed by atoms with Gasteiger partial charge in [0, 0.05) is 0 Å². The van der Waals surface area contributed by atoms with E-state index in [0.29, 0.717) is 11.4 Å². The zero-order valence-electron chi connectivity index (χ0n) is 17.9. The molecular weight excluding hydrogens is 392 g/mol. The summed E-state index contributed by atoms with van der Waals surface area (Å²) in [6, 6.07) is 20.2. The van der Waals surface area contributed by atoms with E-state index in [9.17, 15) is 9.59 Å². The summed E-state index contributed by atoms with van der Waals surface area (Å²) in [4.78, 5) is 25.1. The summed E-state index contributed by atoms with van der Waals surface area (Å²) in [5.41, 5.74) is 3.85. The van der Waals surface area contributed by atoms with Crippen LogP contribution in [0.1, 0.15) is 16.7 Å². The summed E-state index contributed by atoms with van der Waals surface area (Å²) in [6.45, 7) is 1.93. The molecule has 0 aliphatic heterocycles. The minimum Gasteiger partial charge on any atom is -0.497 e. The van der Waals surface area contributed by atoms with Gasteiger partial charge in [0.1, 0.15) is 11.5 Å². The van der Waals surface area contributed by atoms with Crippen molar-refractivity contribution in [3.63, 3.8) is 0 Å². The predicted octanol–water partition coefficient (Wildman–Crippen LogP) is 4.37. The Labute approximate surface area is 182 Å². The molecule has 0 atom stereocenters. The van der Waals surface area contributed by atoms with Crippen LogP contribution in [0.2, 0.25) is 0 Å². The van der Waals surface area contributed by atoms with Crippen LogP contribution in [0.3, 0.4) is 0 Å². The second-order valence-electron chi connectivity index (χ2n) is 7.20. The highest BCUT2D eigenvalue weighted by atomic mass is 16.5. The molecule has 0 radical (unpaired) electrons. The molecule has 0 saturated carbocycles. The van der Waals surface area contributed by atoms with Crippen molar-refractivity contribution in [1.29, 1.82) is 0 Å². The number of carbonyl (C=O) groups excluding carboxylic acids is 2. The quantitative estimate of drug-likeness (QED) is 0.569. The van der Waals surface area contributed by atoms with Gasteiger partial charge in [-0.15, -0.1) is 0 Å². The molecule has 0 saturated heterocycles. The Morgan fingerprint density at radius 1 is 0.677 bits per heavy atom. The predicted molar refractivity (Wildman–Crippen MR) is 122 cm³/mol. The number of methoxy groups -OCH3 is 2. The molecular formula is C25H26N2O4. The van der Waals surface area contributed by atoms with E-state index in [0.717, 1.165) is 28.2 Å². The number of nitrogens with one attached hydrogen (secondary N) is 2. The molecule has 160 valence electrons. The summed E-state index contributed by atoms with van der Waals surface area (Å²) < 4.78 is 10.3. The molecule has 0 aromatic heterocycles. The lowest BCUT2D eigenvalue weighted by Gasteiger charge is -2.14. The van der Waals surface area contributed by atoms with Gasteiger partial charge >= 0.3 is 0 Å². The molecule has 3 aromatic carbocycles. The Bertz CT molecular complexity index is 1040. The van der Waals surface area contributed by atoms with Crippen molar-refractivity contribution in [3.05, 3.63) is 83.4 Å². The topological polar surface area (TPSA) is 76.7 Å². The number of carbonyl (C=O) groups is 2. The molecule has 0 aliphatic carbocycles. The number of anilines is 2. The monoisotopic (exact) mass is 418 g/mol. The number of rotatable bonds is 8. The van der Waals surface area contributed by atoms with E-state index >= 15 is 0 Å². The van der Waals surface area contributed by atoms with Crippen LogP contribution < -0.4 is 20.1 Å². The van der Waals surface area contributed by atoms with E-state index in [1.54, 1.807) is 20.3 Å². The minimum atomic E-state index is -0.167. The van der Waals surface area contributed by atoms with Crippen molar-refractivity contribution in [2.24, 2.45) is 0 Å². The SMILES string of the molecule is COc1ccc(CC(=O)Nc2ccc(C)cc2NC(=O)Cc2ccc(OC)cc2)cc1. The highest BCUT2D eigenvalue weighted by Crippen LogP contribution is 2.24. The Hall–Kier alpha value is -3.80. The fourth-order valence-corrected chi connectivity index (χ4v) is 3.12. The van der Waals surface area contributed by atoms with E-state index < -0.39 is 0 Å². The lowest BCUT2D eigenvalue weighted by atomic mass is 10.1. The largest absolute Gasteiger partial charge is 0.497 e. The molecule has 3 aromatic rings. The van der Waals surface area contributed by atoms with Crippen molar-refractivity contribution >= 4 is 23.2 Å². The summed E-state index contributed by atoms with van der Waals surface area (Å²) in [5.74, 6) is 1.15. The molecule has 6 nitrogen and oxygen atoms in total. The first-order valence-electron chi connectivity index (χ1n) is 9.93. The molecule has 2 N–H and O–H groups in total. The van der Waals surface area contributed by atoms with Crippen LogP contribution in [-0.4, -0.2) is 26.0 Å². The Balaban J connectivity index is 1.66. The Morgan fingerprint density at radius 2 is 1.13 bits per heavy atom. The zero-order valence-corrected chi connectivity index (χ0v) is 17.9. The van der Waals surface area contributed by atoms with Crippen LogP contribution in [0, 0.1) is 6.92 Å². The number of aryl methyl sites for hydroxylation is 1. The Kier molecular flexibility index (Phi) is 7.27. The van der Waals surface area contributed by atoms with Crippen molar-refractivity contribution in [2.75, 3.05) is 24.9 Å². The summed E-state index contributed by atoms with van der Waals surface area (Å²) >= 11 is 0. The minimum absolute atomic E-state index is 0.165. The average Bonchev–Trinajstić information content (AvgIpc) is 2.76. The van der Waals surface area contributed by atoms with E-state index in [1.807, 2.05) is 67.6 Å². The van der Waals surface area contributed by atoms with Gasteiger partial charge in [-0.3, -0.25) is 9.59 Å². The molecule has 0 heterocycles. The van der Waals surface area contributed by atoms with Gasteiger partial charge < -0.3 is 20.1 Å². The molecule has 2 amide bonds. The third-order valence-corrected chi connectivity index (χ3v) is 4.77.